The second-order valence-corrected chi connectivity index (χ2v) is 12.2. The maximum Gasteiger partial charge on any atom is 0.0355 e. The Morgan fingerprint density at radius 1 is 1.53 bits per heavy atom. The standard InChI is InChI=1S/C14H23I3/c1-6-9(2)8-13(4,16)12-10(3)7-11(15)14(12,5)17/h6,10-12H,7-8H2,1-5H3/b9-6-. The molecule has 0 heterocycles. The Labute approximate surface area is 148 Å². The number of allylic oxidation sites excluding steroid dienone is 2. The quantitative estimate of drug-likeness (QED) is 0.215. The predicted molar refractivity (Wildman–Crippen MR) is 104 cm³/mol. The van der Waals surface area contributed by atoms with Crippen molar-refractivity contribution in [3.05, 3.63) is 11.6 Å². The van der Waals surface area contributed by atoms with E-state index >= 15 is 0 Å². The van der Waals surface area contributed by atoms with Gasteiger partial charge in [-0.15, -0.1) is 0 Å². The van der Waals surface area contributed by atoms with Crippen molar-refractivity contribution in [1.82, 2.24) is 0 Å². The fraction of sp³-hybridized carbons (Fsp3) is 0.857. The van der Waals surface area contributed by atoms with Gasteiger partial charge in [0.25, 0.3) is 0 Å². The van der Waals surface area contributed by atoms with Crippen molar-refractivity contribution in [1.29, 1.82) is 0 Å². The molecule has 0 N–H and O–H groups in total. The Kier molecular flexibility index (Phi) is 6.13. The maximum atomic E-state index is 2.72. The third-order valence-corrected chi connectivity index (χ3v) is 9.60. The summed E-state index contributed by atoms with van der Waals surface area (Å²) in [7, 11) is 0. The van der Waals surface area contributed by atoms with Gasteiger partial charge in [-0.25, -0.2) is 0 Å². The highest BCUT2D eigenvalue weighted by Gasteiger charge is 2.54. The lowest BCUT2D eigenvalue weighted by Gasteiger charge is -2.41. The molecule has 0 radical (unpaired) electrons. The third kappa shape index (κ3) is 3.73. The minimum atomic E-state index is 0.379. The molecule has 1 fully saturated rings. The maximum absolute atomic E-state index is 2.72. The van der Waals surface area contributed by atoms with Gasteiger partial charge in [-0.1, -0.05) is 86.3 Å². The third-order valence-electron chi connectivity index (χ3n) is 4.13. The minimum absolute atomic E-state index is 0.379. The van der Waals surface area contributed by atoms with E-state index in [0.29, 0.717) is 6.84 Å². The molecular weight excluding hydrogens is 549 g/mol. The smallest absolute Gasteiger partial charge is 0.0355 e. The first-order chi connectivity index (χ1) is 7.63. The molecule has 0 aromatic carbocycles. The first-order valence-corrected chi connectivity index (χ1v) is 9.67. The van der Waals surface area contributed by atoms with Crippen LogP contribution in [0.1, 0.15) is 47.5 Å². The lowest BCUT2D eigenvalue weighted by molar-refractivity contribution is 0.312. The lowest BCUT2D eigenvalue weighted by Crippen LogP contribution is -2.43. The molecule has 0 spiro atoms. The van der Waals surface area contributed by atoms with Crippen LogP contribution in [0.15, 0.2) is 11.6 Å². The predicted octanol–water partition coefficient (Wildman–Crippen LogP) is 6.19. The molecule has 17 heavy (non-hydrogen) atoms. The zero-order valence-electron chi connectivity index (χ0n) is 11.4. The second kappa shape index (κ2) is 6.14. The SMILES string of the molecule is C/C=C(/C)CC(C)(I)C1C(C)CC(I)C1(C)I. The van der Waals surface area contributed by atoms with Crippen molar-refractivity contribution in [2.75, 3.05) is 0 Å². The molecule has 0 aliphatic heterocycles. The number of halogens is 3. The van der Waals surface area contributed by atoms with E-state index in [2.05, 4.69) is 108 Å². The summed E-state index contributed by atoms with van der Waals surface area (Å²) < 4.78 is 1.62. The van der Waals surface area contributed by atoms with Crippen LogP contribution >= 0.6 is 67.8 Å². The molecule has 0 aromatic heterocycles. The average molecular weight is 572 g/mol. The van der Waals surface area contributed by atoms with Crippen LogP contribution in [0.2, 0.25) is 0 Å². The fourth-order valence-electron chi connectivity index (χ4n) is 3.38. The van der Waals surface area contributed by atoms with E-state index in [1.165, 1.54) is 18.4 Å². The van der Waals surface area contributed by atoms with Crippen LogP contribution in [0.25, 0.3) is 0 Å². The van der Waals surface area contributed by atoms with Gasteiger partial charge in [0.1, 0.15) is 0 Å². The summed E-state index contributed by atoms with van der Waals surface area (Å²) >= 11 is 8.10. The van der Waals surface area contributed by atoms with Crippen molar-refractivity contribution in [3.8, 4) is 0 Å². The van der Waals surface area contributed by atoms with Gasteiger partial charge in [-0.2, -0.15) is 0 Å². The Hall–Kier alpha value is 1.93. The zero-order chi connectivity index (χ0) is 13.4. The molecule has 3 heteroatoms. The number of hydrogen-bond acceptors (Lipinski definition) is 0. The number of hydrogen-bond donors (Lipinski definition) is 0. The van der Waals surface area contributed by atoms with Crippen molar-refractivity contribution in [2.45, 2.75) is 58.2 Å². The van der Waals surface area contributed by atoms with Gasteiger partial charge in [0.2, 0.25) is 0 Å². The summed E-state index contributed by atoms with van der Waals surface area (Å²) in [5.41, 5.74) is 1.53. The van der Waals surface area contributed by atoms with Crippen LogP contribution in [0.5, 0.6) is 0 Å². The van der Waals surface area contributed by atoms with Gasteiger partial charge in [0.05, 0.1) is 0 Å². The molecule has 0 bridgehead atoms. The van der Waals surface area contributed by atoms with Crippen molar-refractivity contribution in [3.63, 3.8) is 0 Å². The second-order valence-electron chi connectivity index (χ2n) is 5.90. The molecule has 0 saturated heterocycles. The first kappa shape index (κ1) is 17.0. The average Bonchev–Trinajstić information content (AvgIpc) is 2.35. The van der Waals surface area contributed by atoms with Crippen LogP contribution in [0, 0.1) is 11.8 Å². The molecule has 0 nitrogen and oxygen atoms in total. The Bertz CT molecular complexity index is 305. The van der Waals surface area contributed by atoms with E-state index in [1.54, 1.807) is 0 Å². The largest absolute Gasteiger partial charge is 0.0887 e. The monoisotopic (exact) mass is 572 g/mol. The molecule has 0 aromatic rings. The highest BCUT2D eigenvalue weighted by molar-refractivity contribution is 14.1. The van der Waals surface area contributed by atoms with E-state index in [0.717, 1.165) is 15.8 Å². The van der Waals surface area contributed by atoms with Gasteiger partial charge in [-0.3, -0.25) is 0 Å². The summed E-state index contributed by atoms with van der Waals surface area (Å²) in [6, 6.07) is 0. The Morgan fingerprint density at radius 3 is 2.41 bits per heavy atom. The van der Waals surface area contributed by atoms with E-state index in [9.17, 15) is 0 Å². The molecule has 1 rings (SSSR count). The van der Waals surface area contributed by atoms with Crippen LogP contribution in [0.4, 0.5) is 0 Å². The van der Waals surface area contributed by atoms with E-state index in [4.69, 9.17) is 0 Å². The Balaban J connectivity index is 2.97. The summed E-state index contributed by atoms with van der Waals surface area (Å²) in [5, 5.41) is 0. The number of rotatable bonds is 3. The topological polar surface area (TPSA) is 0 Å². The molecule has 5 unspecified atom stereocenters. The van der Waals surface area contributed by atoms with Crippen molar-refractivity contribution < 1.29 is 0 Å². The van der Waals surface area contributed by atoms with Gasteiger partial charge in [-0.05, 0) is 52.4 Å². The molecule has 1 aliphatic rings. The van der Waals surface area contributed by atoms with E-state index in [-0.39, 0.29) is 0 Å². The normalized spacial score (nSPS) is 42.6. The summed E-state index contributed by atoms with van der Waals surface area (Å²) in [5.74, 6) is 1.64. The van der Waals surface area contributed by atoms with Crippen LogP contribution in [-0.2, 0) is 0 Å². The molecule has 0 amide bonds. The highest BCUT2D eigenvalue weighted by Crippen LogP contribution is 2.57. The van der Waals surface area contributed by atoms with Gasteiger partial charge in [0.15, 0.2) is 0 Å². The summed E-state index contributed by atoms with van der Waals surface area (Å²) in [6.07, 6.45) is 4.86. The Morgan fingerprint density at radius 2 is 2.06 bits per heavy atom. The van der Waals surface area contributed by atoms with E-state index < -0.39 is 0 Å². The van der Waals surface area contributed by atoms with E-state index in [1.807, 2.05) is 0 Å². The van der Waals surface area contributed by atoms with Crippen molar-refractivity contribution in [2.24, 2.45) is 11.8 Å². The first-order valence-electron chi connectivity index (χ1n) is 6.26. The molecule has 5 atom stereocenters. The van der Waals surface area contributed by atoms with Crippen molar-refractivity contribution >= 4 is 67.8 Å². The molecule has 100 valence electrons. The van der Waals surface area contributed by atoms with Crippen LogP contribution < -0.4 is 0 Å². The molecular formula is C14H23I3. The zero-order valence-corrected chi connectivity index (χ0v) is 17.8. The fourth-order valence-corrected chi connectivity index (χ4v) is 8.59. The summed E-state index contributed by atoms with van der Waals surface area (Å²) in [6.45, 7) is 11.8. The minimum Gasteiger partial charge on any atom is -0.0887 e. The molecule has 1 saturated carbocycles. The van der Waals surface area contributed by atoms with Gasteiger partial charge in [0, 0.05) is 10.8 Å². The number of alkyl halides is 3. The molecule has 1 aliphatic carbocycles. The summed E-state index contributed by atoms with van der Waals surface area (Å²) in [4.78, 5) is 0. The lowest BCUT2D eigenvalue weighted by atomic mass is 9.78. The van der Waals surface area contributed by atoms with Gasteiger partial charge < -0.3 is 0 Å². The van der Waals surface area contributed by atoms with Crippen LogP contribution in [-0.4, -0.2) is 10.8 Å². The highest BCUT2D eigenvalue weighted by atomic mass is 127. The van der Waals surface area contributed by atoms with Gasteiger partial charge >= 0.3 is 0 Å². The van der Waals surface area contributed by atoms with Crippen LogP contribution in [0.3, 0.4) is 0 Å².